The number of aromatic amines is 1. The van der Waals surface area contributed by atoms with E-state index in [4.69, 9.17) is 0 Å². The molecule has 4 rings (SSSR count). The summed E-state index contributed by atoms with van der Waals surface area (Å²) >= 11 is 1.59. The standard InChI is InChI=1S/C21H22N4O3S/c26-17(22-11-12-23-19(27)13-5-2-1-3-6-13)10-9-16-24-20(28)18-14-7-4-8-15(14)29-21(18)25-16/h1-3,5-6H,4,7-12H2,(H,22,26)(H,23,27)(H,24,25,28). The number of aromatic nitrogens is 2. The molecule has 0 spiro atoms. The number of H-pyrrole nitrogens is 1. The minimum atomic E-state index is -0.169. The lowest BCUT2D eigenvalue weighted by molar-refractivity contribution is -0.121. The molecule has 29 heavy (non-hydrogen) atoms. The molecule has 3 aromatic rings. The molecule has 7 nitrogen and oxygen atoms in total. The van der Waals surface area contributed by atoms with Crippen molar-refractivity contribution in [3.8, 4) is 0 Å². The van der Waals surface area contributed by atoms with Crippen LogP contribution in [-0.4, -0.2) is 34.9 Å². The molecule has 0 radical (unpaired) electrons. The van der Waals surface area contributed by atoms with E-state index in [0.29, 0.717) is 30.9 Å². The number of nitrogens with one attached hydrogen (secondary N) is 3. The minimum absolute atomic E-state index is 0.103. The molecular weight excluding hydrogens is 388 g/mol. The zero-order chi connectivity index (χ0) is 20.2. The van der Waals surface area contributed by atoms with E-state index in [9.17, 15) is 14.4 Å². The summed E-state index contributed by atoms with van der Waals surface area (Å²) in [5.41, 5.74) is 1.64. The predicted molar refractivity (Wildman–Crippen MR) is 112 cm³/mol. The normalized spacial score (nSPS) is 12.7. The molecule has 2 heterocycles. The number of carbonyl (C=O) groups excluding carboxylic acids is 2. The zero-order valence-electron chi connectivity index (χ0n) is 15.9. The fourth-order valence-electron chi connectivity index (χ4n) is 3.56. The van der Waals surface area contributed by atoms with E-state index in [1.54, 1.807) is 35.6 Å². The smallest absolute Gasteiger partial charge is 0.259 e. The highest BCUT2D eigenvalue weighted by Gasteiger charge is 2.21. The number of aryl methyl sites for hydroxylation is 3. The summed E-state index contributed by atoms with van der Waals surface area (Å²) in [6, 6.07) is 8.93. The molecule has 0 saturated carbocycles. The summed E-state index contributed by atoms with van der Waals surface area (Å²) in [4.78, 5) is 45.8. The van der Waals surface area contributed by atoms with Gasteiger partial charge in [-0.3, -0.25) is 14.4 Å². The van der Waals surface area contributed by atoms with Crippen molar-refractivity contribution in [2.24, 2.45) is 0 Å². The second kappa shape index (κ2) is 8.57. The molecule has 1 aromatic carbocycles. The summed E-state index contributed by atoms with van der Waals surface area (Å²) in [5.74, 6) is 0.225. The second-order valence-corrected chi connectivity index (χ2v) is 8.11. The highest BCUT2D eigenvalue weighted by Crippen LogP contribution is 2.34. The van der Waals surface area contributed by atoms with Crippen molar-refractivity contribution in [1.29, 1.82) is 0 Å². The maximum Gasteiger partial charge on any atom is 0.259 e. The Bertz CT molecular complexity index is 1100. The number of hydrogen-bond donors (Lipinski definition) is 3. The van der Waals surface area contributed by atoms with Gasteiger partial charge in [0.05, 0.1) is 5.39 Å². The third-order valence-electron chi connectivity index (χ3n) is 4.98. The van der Waals surface area contributed by atoms with Crippen molar-refractivity contribution >= 4 is 33.4 Å². The van der Waals surface area contributed by atoms with Crippen LogP contribution in [0.2, 0.25) is 0 Å². The van der Waals surface area contributed by atoms with E-state index in [0.717, 1.165) is 35.0 Å². The first-order chi connectivity index (χ1) is 14.1. The largest absolute Gasteiger partial charge is 0.354 e. The third-order valence-corrected chi connectivity index (χ3v) is 6.17. The van der Waals surface area contributed by atoms with Crippen molar-refractivity contribution in [2.75, 3.05) is 13.1 Å². The molecule has 0 unspecified atom stereocenters. The van der Waals surface area contributed by atoms with Gasteiger partial charge in [-0.15, -0.1) is 11.3 Å². The molecule has 0 bridgehead atoms. The second-order valence-electron chi connectivity index (χ2n) is 7.02. The average Bonchev–Trinajstić information content (AvgIpc) is 3.31. The van der Waals surface area contributed by atoms with Gasteiger partial charge < -0.3 is 15.6 Å². The highest BCUT2D eigenvalue weighted by atomic mass is 32.1. The molecule has 1 aliphatic rings. The lowest BCUT2D eigenvalue weighted by atomic mass is 10.2. The Kier molecular flexibility index (Phi) is 5.71. The van der Waals surface area contributed by atoms with Crippen molar-refractivity contribution < 1.29 is 9.59 Å². The van der Waals surface area contributed by atoms with Gasteiger partial charge >= 0.3 is 0 Å². The third kappa shape index (κ3) is 4.37. The average molecular weight is 410 g/mol. The first kappa shape index (κ1) is 19.3. The van der Waals surface area contributed by atoms with Gasteiger partial charge in [0.2, 0.25) is 5.91 Å². The topological polar surface area (TPSA) is 104 Å². The fraction of sp³-hybridized carbons (Fsp3) is 0.333. The Morgan fingerprint density at radius 1 is 1.10 bits per heavy atom. The van der Waals surface area contributed by atoms with Crippen LogP contribution in [0.4, 0.5) is 0 Å². The quantitative estimate of drug-likeness (QED) is 0.518. The number of benzene rings is 1. The molecule has 0 saturated heterocycles. The predicted octanol–water partition coefficient (Wildman–Crippen LogP) is 1.95. The molecule has 150 valence electrons. The van der Waals surface area contributed by atoms with Gasteiger partial charge in [0.15, 0.2) is 0 Å². The van der Waals surface area contributed by atoms with E-state index in [1.165, 1.54) is 4.88 Å². The van der Waals surface area contributed by atoms with Crippen LogP contribution in [0.25, 0.3) is 10.2 Å². The summed E-state index contributed by atoms with van der Waals surface area (Å²) in [6.07, 6.45) is 3.67. The van der Waals surface area contributed by atoms with Gasteiger partial charge in [-0.25, -0.2) is 4.98 Å². The number of nitrogens with zero attached hydrogens (tertiary/aromatic N) is 1. The Hall–Kier alpha value is -3.00. The SMILES string of the molecule is O=C(CCc1nc2sc3c(c2c(=O)[nH]1)CCC3)NCCNC(=O)c1ccccc1. The number of thiophene rings is 1. The first-order valence-corrected chi connectivity index (χ1v) is 10.6. The van der Waals surface area contributed by atoms with Crippen LogP contribution in [-0.2, 0) is 24.1 Å². The molecule has 1 aliphatic carbocycles. The van der Waals surface area contributed by atoms with E-state index in [1.807, 2.05) is 6.07 Å². The highest BCUT2D eigenvalue weighted by molar-refractivity contribution is 7.18. The van der Waals surface area contributed by atoms with Crippen LogP contribution in [0.3, 0.4) is 0 Å². The van der Waals surface area contributed by atoms with Crippen LogP contribution in [0.15, 0.2) is 35.1 Å². The number of amides is 2. The molecular formula is C21H22N4O3S. The maximum atomic E-state index is 12.4. The number of carbonyl (C=O) groups is 2. The molecule has 3 N–H and O–H groups in total. The van der Waals surface area contributed by atoms with Gasteiger partial charge in [-0.05, 0) is 37.0 Å². The summed E-state index contributed by atoms with van der Waals surface area (Å²) in [5, 5.41) is 6.26. The Labute approximate surface area is 171 Å². The number of hydrogen-bond acceptors (Lipinski definition) is 5. The minimum Gasteiger partial charge on any atom is -0.354 e. The van der Waals surface area contributed by atoms with E-state index < -0.39 is 0 Å². The Balaban J connectivity index is 1.25. The van der Waals surface area contributed by atoms with E-state index in [-0.39, 0.29) is 23.8 Å². The van der Waals surface area contributed by atoms with Crippen LogP contribution in [0, 0.1) is 0 Å². The monoisotopic (exact) mass is 410 g/mol. The van der Waals surface area contributed by atoms with Gasteiger partial charge in [0.1, 0.15) is 10.7 Å². The summed E-state index contributed by atoms with van der Waals surface area (Å²) in [7, 11) is 0. The number of rotatable bonds is 7. The molecule has 0 fully saturated rings. The van der Waals surface area contributed by atoms with Gasteiger partial charge in [-0.1, -0.05) is 18.2 Å². The molecule has 2 amide bonds. The molecule has 2 aromatic heterocycles. The fourth-order valence-corrected chi connectivity index (χ4v) is 4.84. The van der Waals surface area contributed by atoms with Crippen molar-refractivity contribution in [2.45, 2.75) is 32.1 Å². The van der Waals surface area contributed by atoms with Crippen LogP contribution < -0.4 is 16.2 Å². The molecule has 8 heteroatoms. The van der Waals surface area contributed by atoms with Crippen LogP contribution in [0.5, 0.6) is 0 Å². The summed E-state index contributed by atoms with van der Waals surface area (Å²) < 4.78 is 0. The van der Waals surface area contributed by atoms with Gasteiger partial charge in [0, 0.05) is 36.4 Å². The van der Waals surface area contributed by atoms with E-state index in [2.05, 4.69) is 20.6 Å². The number of fused-ring (bicyclic) bond motifs is 3. The first-order valence-electron chi connectivity index (χ1n) is 9.75. The maximum absolute atomic E-state index is 12.4. The van der Waals surface area contributed by atoms with Gasteiger partial charge in [0.25, 0.3) is 11.5 Å². The van der Waals surface area contributed by atoms with Crippen molar-refractivity contribution in [3.05, 3.63) is 62.5 Å². The van der Waals surface area contributed by atoms with Crippen molar-refractivity contribution in [3.63, 3.8) is 0 Å². The zero-order valence-corrected chi connectivity index (χ0v) is 16.7. The lowest BCUT2D eigenvalue weighted by Gasteiger charge is -2.07. The van der Waals surface area contributed by atoms with Crippen LogP contribution >= 0.6 is 11.3 Å². The summed E-state index contributed by atoms with van der Waals surface area (Å²) in [6.45, 7) is 0.694. The molecule has 0 atom stereocenters. The molecule has 0 aliphatic heterocycles. The van der Waals surface area contributed by atoms with Gasteiger partial charge in [-0.2, -0.15) is 0 Å². The Morgan fingerprint density at radius 3 is 2.72 bits per heavy atom. The van der Waals surface area contributed by atoms with Crippen molar-refractivity contribution in [1.82, 2.24) is 20.6 Å². The lowest BCUT2D eigenvalue weighted by Crippen LogP contribution is -2.34. The Morgan fingerprint density at radius 2 is 1.90 bits per heavy atom. The van der Waals surface area contributed by atoms with Crippen LogP contribution in [0.1, 0.15) is 39.5 Å². The van der Waals surface area contributed by atoms with E-state index >= 15 is 0 Å².